The zero-order valence-corrected chi connectivity index (χ0v) is 15.3. The van der Waals surface area contributed by atoms with Crippen LogP contribution < -0.4 is 10.6 Å². The van der Waals surface area contributed by atoms with Crippen molar-refractivity contribution < 1.29 is 9.59 Å². The Kier molecular flexibility index (Phi) is 7.43. The largest absolute Gasteiger partial charge is 0.352 e. The van der Waals surface area contributed by atoms with Gasteiger partial charge in [-0.1, -0.05) is 29.8 Å². The summed E-state index contributed by atoms with van der Waals surface area (Å²) in [5.74, 6) is 1.82. The number of aryl methyl sites for hydroxylation is 1. The molecule has 6 heteroatoms. The molecule has 3 amide bonds. The third kappa shape index (κ3) is 6.43. The molecule has 0 bridgehead atoms. The molecule has 1 aliphatic heterocycles. The summed E-state index contributed by atoms with van der Waals surface area (Å²) in [4.78, 5) is 25.1. The van der Waals surface area contributed by atoms with E-state index in [1.165, 1.54) is 18.1 Å². The topological polar surface area (TPSA) is 61.4 Å². The van der Waals surface area contributed by atoms with E-state index in [2.05, 4.69) is 41.8 Å². The summed E-state index contributed by atoms with van der Waals surface area (Å²) in [5, 5.41) is 5.88. The predicted octanol–water partition coefficient (Wildman–Crippen LogP) is 2.54. The van der Waals surface area contributed by atoms with Crippen LogP contribution >= 0.6 is 11.8 Å². The van der Waals surface area contributed by atoms with Crippen molar-refractivity contribution in [1.29, 1.82) is 0 Å². The molecule has 2 N–H and O–H groups in total. The molecule has 1 fully saturated rings. The summed E-state index contributed by atoms with van der Waals surface area (Å²) >= 11 is 1.82. The molecule has 2 rings (SSSR count). The lowest BCUT2D eigenvalue weighted by Crippen LogP contribution is -2.52. The molecule has 1 heterocycles. The Bertz CT molecular complexity index is 548. The first-order valence-electron chi connectivity index (χ1n) is 8.48. The Balaban J connectivity index is 1.62. The first-order chi connectivity index (χ1) is 11.5. The molecule has 1 atom stereocenters. The quantitative estimate of drug-likeness (QED) is 0.776. The summed E-state index contributed by atoms with van der Waals surface area (Å²) in [5.41, 5.74) is 2.58. The number of carbonyl (C=O) groups is 2. The van der Waals surface area contributed by atoms with Crippen LogP contribution in [0.3, 0.4) is 0 Å². The zero-order chi connectivity index (χ0) is 17.4. The molecule has 1 unspecified atom stereocenters. The molecule has 5 nitrogen and oxygen atoms in total. The van der Waals surface area contributed by atoms with Crippen LogP contribution in [0.15, 0.2) is 24.3 Å². The van der Waals surface area contributed by atoms with E-state index in [4.69, 9.17) is 0 Å². The van der Waals surface area contributed by atoms with Gasteiger partial charge in [-0.05, 0) is 25.3 Å². The number of thioether (sulfide) groups is 1. The smallest absolute Gasteiger partial charge is 0.317 e. The summed E-state index contributed by atoms with van der Waals surface area (Å²) < 4.78 is 0. The van der Waals surface area contributed by atoms with Crippen LogP contribution in [-0.2, 0) is 10.5 Å². The van der Waals surface area contributed by atoms with Crippen LogP contribution in [0.25, 0.3) is 0 Å². The van der Waals surface area contributed by atoms with Gasteiger partial charge >= 0.3 is 6.03 Å². The van der Waals surface area contributed by atoms with Crippen LogP contribution in [0.1, 0.15) is 30.9 Å². The van der Waals surface area contributed by atoms with Gasteiger partial charge in [0, 0.05) is 44.1 Å². The van der Waals surface area contributed by atoms with Crippen LogP contribution in [0.2, 0.25) is 0 Å². The van der Waals surface area contributed by atoms with E-state index in [9.17, 15) is 9.59 Å². The van der Waals surface area contributed by atoms with Crippen molar-refractivity contribution in [3.05, 3.63) is 35.4 Å². The van der Waals surface area contributed by atoms with E-state index >= 15 is 0 Å². The Morgan fingerprint density at radius 3 is 2.75 bits per heavy atom. The summed E-state index contributed by atoms with van der Waals surface area (Å²) in [6.45, 7) is 5.63. The SMILES string of the molecule is CC(=O)NC1CCCN(C(=O)NCCSCc2ccc(C)cc2)C1. The van der Waals surface area contributed by atoms with Crippen molar-refractivity contribution in [2.45, 2.75) is 38.5 Å². The number of rotatable bonds is 6. The fraction of sp³-hybridized carbons (Fsp3) is 0.556. The monoisotopic (exact) mass is 349 g/mol. The number of carbonyl (C=O) groups excluding carboxylic acids is 2. The number of urea groups is 1. The highest BCUT2D eigenvalue weighted by Gasteiger charge is 2.23. The van der Waals surface area contributed by atoms with Crippen molar-refractivity contribution in [2.75, 3.05) is 25.4 Å². The standard InChI is InChI=1S/C18H27N3O2S/c1-14-5-7-16(8-6-14)13-24-11-9-19-18(23)21-10-3-4-17(12-21)20-15(2)22/h5-8,17H,3-4,9-13H2,1-2H3,(H,19,23)(H,20,22). The number of hydrogen-bond donors (Lipinski definition) is 2. The van der Waals surface area contributed by atoms with E-state index in [-0.39, 0.29) is 18.0 Å². The molecule has 1 aliphatic rings. The molecular formula is C18H27N3O2S. The van der Waals surface area contributed by atoms with E-state index in [0.717, 1.165) is 30.9 Å². The lowest BCUT2D eigenvalue weighted by atomic mass is 10.1. The highest BCUT2D eigenvalue weighted by atomic mass is 32.2. The second kappa shape index (κ2) is 9.57. The Morgan fingerprint density at radius 1 is 1.29 bits per heavy atom. The minimum atomic E-state index is -0.0326. The van der Waals surface area contributed by atoms with Gasteiger partial charge < -0.3 is 15.5 Å². The van der Waals surface area contributed by atoms with Crippen LogP contribution in [0.5, 0.6) is 0 Å². The Hall–Kier alpha value is -1.69. The molecule has 1 aromatic rings. The van der Waals surface area contributed by atoms with Gasteiger partial charge in [0.1, 0.15) is 0 Å². The van der Waals surface area contributed by atoms with Crippen LogP contribution in [-0.4, -0.2) is 48.3 Å². The average Bonchev–Trinajstić information content (AvgIpc) is 2.55. The van der Waals surface area contributed by atoms with Crippen molar-refractivity contribution >= 4 is 23.7 Å². The van der Waals surface area contributed by atoms with E-state index < -0.39 is 0 Å². The second-order valence-electron chi connectivity index (χ2n) is 6.26. The molecule has 1 saturated heterocycles. The normalized spacial score (nSPS) is 17.4. The molecule has 0 aliphatic carbocycles. The first kappa shape index (κ1) is 18.6. The van der Waals surface area contributed by atoms with Gasteiger partial charge in [-0.2, -0.15) is 11.8 Å². The van der Waals surface area contributed by atoms with Crippen LogP contribution in [0, 0.1) is 6.92 Å². The molecule has 132 valence electrons. The lowest BCUT2D eigenvalue weighted by molar-refractivity contribution is -0.119. The minimum Gasteiger partial charge on any atom is -0.352 e. The van der Waals surface area contributed by atoms with Crippen molar-refractivity contribution in [2.24, 2.45) is 0 Å². The van der Waals surface area contributed by atoms with Crippen LogP contribution in [0.4, 0.5) is 4.79 Å². The van der Waals surface area contributed by atoms with Gasteiger partial charge in [0.15, 0.2) is 0 Å². The fourth-order valence-corrected chi connectivity index (χ4v) is 3.60. The highest BCUT2D eigenvalue weighted by molar-refractivity contribution is 7.98. The molecule has 0 aromatic heterocycles. The molecular weight excluding hydrogens is 322 g/mol. The first-order valence-corrected chi connectivity index (χ1v) is 9.63. The van der Waals surface area contributed by atoms with Gasteiger partial charge in [0.05, 0.1) is 0 Å². The van der Waals surface area contributed by atoms with E-state index in [0.29, 0.717) is 13.1 Å². The lowest BCUT2D eigenvalue weighted by Gasteiger charge is -2.33. The van der Waals surface area contributed by atoms with E-state index in [1.54, 1.807) is 4.90 Å². The number of likely N-dealkylation sites (tertiary alicyclic amines) is 1. The number of amides is 3. The third-order valence-corrected chi connectivity index (χ3v) is 5.06. The molecule has 1 aromatic carbocycles. The summed E-state index contributed by atoms with van der Waals surface area (Å²) in [7, 11) is 0. The highest BCUT2D eigenvalue weighted by Crippen LogP contribution is 2.13. The zero-order valence-electron chi connectivity index (χ0n) is 14.5. The molecule has 0 radical (unpaired) electrons. The van der Waals surface area contributed by atoms with Gasteiger partial charge in [-0.25, -0.2) is 4.79 Å². The van der Waals surface area contributed by atoms with Gasteiger partial charge in [-0.15, -0.1) is 0 Å². The predicted molar refractivity (Wildman–Crippen MR) is 99.2 cm³/mol. The van der Waals surface area contributed by atoms with Gasteiger partial charge in [0.2, 0.25) is 5.91 Å². The molecule has 0 saturated carbocycles. The number of nitrogens with one attached hydrogen (secondary N) is 2. The number of nitrogens with zero attached hydrogens (tertiary/aromatic N) is 1. The maximum Gasteiger partial charge on any atom is 0.317 e. The number of hydrogen-bond acceptors (Lipinski definition) is 3. The Labute approximate surface area is 148 Å². The minimum absolute atomic E-state index is 0.0269. The second-order valence-corrected chi connectivity index (χ2v) is 7.36. The van der Waals surface area contributed by atoms with E-state index in [1.807, 2.05) is 11.8 Å². The average molecular weight is 350 g/mol. The summed E-state index contributed by atoms with van der Waals surface area (Å²) in [6, 6.07) is 8.60. The number of piperidine rings is 1. The maximum atomic E-state index is 12.2. The summed E-state index contributed by atoms with van der Waals surface area (Å²) in [6.07, 6.45) is 1.87. The van der Waals surface area contributed by atoms with Gasteiger partial charge in [0.25, 0.3) is 0 Å². The number of benzene rings is 1. The van der Waals surface area contributed by atoms with Gasteiger partial charge in [-0.3, -0.25) is 4.79 Å². The molecule has 24 heavy (non-hydrogen) atoms. The van der Waals surface area contributed by atoms with Crippen molar-refractivity contribution in [3.63, 3.8) is 0 Å². The Morgan fingerprint density at radius 2 is 2.04 bits per heavy atom. The maximum absolute atomic E-state index is 12.2. The van der Waals surface area contributed by atoms with Crippen molar-refractivity contribution in [3.8, 4) is 0 Å². The fourth-order valence-electron chi connectivity index (χ4n) is 2.78. The molecule has 0 spiro atoms. The third-order valence-electron chi connectivity index (χ3n) is 4.03. The van der Waals surface area contributed by atoms with Crippen molar-refractivity contribution in [1.82, 2.24) is 15.5 Å².